The molecule has 302 valence electrons. The Hall–Kier alpha value is -5.30. The fourth-order valence-electron chi connectivity index (χ4n) is 8.75. The van der Waals surface area contributed by atoms with E-state index in [1.54, 1.807) is 0 Å². The van der Waals surface area contributed by atoms with E-state index < -0.39 is 0 Å². The third kappa shape index (κ3) is 6.30. The third-order valence-electron chi connectivity index (χ3n) is 12.2. The number of hydrogen-bond acceptors (Lipinski definition) is 6. The summed E-state index contributed by atoms with van der Waals surface area (Å²) in [6.45, 7) is 33.4. The Morgan fingerprint density at radius 3 is 1.10 bits per heavy atom. The van der Waals surface area contributed by atoms with Gasteiger partial charge >= 0.3 is 0 Å². The standard InChI is InChI=1S/C52H59BN4O2/c1-48(2,3)30-16-20-33(21-17-30)56-39-28-32(50(7,8)9)29-40-41(39)53(35-24-26-37-44(42(35)56)58-46(54-37)51(10,11)12)36-25-27-38-45(59-47(55-38)52(13,14)15)43(36)57(40)34-22-18-31(19-23-34)49(4,5)6/h16-29H,1-15H3. The van der Waals surface area contributed by atoms with Crippen molar-refractivity contribution in [1.29, 1.82) is 0 Å². The van der Waals surface area contributed by atoms with Crippen LogP contribution in [0, 0.1) is 0 Å². The van der Waals surface area contributed by atoms with Gasteiger partial charge in [0.25, 0.3) is 6.71 Å². The number of oxazole rings is 2. The average molecular weight is 783 g/mol. The highest BCUT2D eigenvalue weighted by Crippen LogP contribution is 2.50. The molecule has 0 unspecified atom stereocenters. The van der Waals surface area contributed by atoms with Crippen molar-refractivity contribution >= 4 is 79.4 Å². The Bertz CT molecular complexity index is 2610. The molecule has 0 N–H and O–H groups in total. The Morgan fingerprint density at radius 1 is 0.424 bits per heavy atom. The first-order chi connectivity index (χ1) is 27.4. The molecule has 2 aliphatic rings. The fraction of sp³-hybridized carbons (Fsp3) is 0.385. The van der Waals surface area contributed by atoms with Crippen LogP contribution < -0.4 is 26.2 Å². The second kappa shape index (κ2) is 12.6. The van der Waals surface area contributed by atoms with E-state index in [4.69, 9.17) is 18.8 Å². The maximum absolute atomic E-state index is 6.95. The highest BCUT2D eigenvalue weighted by Gasteiger charge is 2.47. The number of anilines is 6. The van der Waals surface area contributed by atoms with Crippen molar-refractivity contribution in [3.8, 4) is 0 Å². The van der Waals surface area contributed by atoms with Gasteiger partial charge < -0.3 is 18.6 Å². The minimum absolute atomic E-state index is 0.0141. The van der Waals surface area contributed by atoms with Crippen molar-refractivity contribution < 1.29 is 8.83 Å². The van der Waals surface area contributed by atoms with Gasteiger partial charge in [0.2, 0.25) is 11.8 Å². The normalized spacial score (nSPS) is 14.6. The van der Waals surface area contributed by atoms with Gasteiger partial charge in [0.15, 0.2) is 11.2 Å². The Balaban J connectivity index is 1.44. The first kappa shape index (κ1) is 39.2. The van der Waals surface area contributed by atoms with Gasteiger partial charge in [-0.25, -0.2) is 9.97 Å². The predicted molar refractivity (Wildman–Crippen MR) is 249 cm³/mol. The number of nitrogens with zero attached hydrogens (tertiary/aromatic N) is 4. The maximum atomic E-state index is 6.95. The smallest absolute Gasteiger partial charge is 0.252 e. The van der Waals surface area contributed by atoms with Crippen molar-refractivity contribution in [2.75, 3.05) is 9.80 Å². The van der Waals surface area contributed by atoms with E-state index in [1.165, 1.54) is 33.1 Å². The lowest BCUT2D eigenvalue weighted by Gasteiger charge is -2.44. The monoisotopic (exact) mass is 782 g/mol. The zero-order chi connectivity index (χ0) is 42.4. The summed E-state index contributed by atoms with van der Waals surface area (Å²) in [4.78, 5) is 15.2. The number of rotatable bonds is 2. The molecule has 4 heterocycles. The number of hydrogen-bond donors (Lipinski definition) is 0. The van der Waals surface area contributed by atoms with Crippen LogP contribution in [-0.4, -0.2) is 16.7 Å². The average Bonchev–Trinajstić information content (AvgIpc) is 3.80. The van der Waals surface area contributed by atoms with Crippen LogP contribution in [0.15, 0.2) is 93.8 Å². The lowest BCUT2D eigenvalue weighted by Crippen LogP contribution is -2.61. The molecule has 0 saturated heterocycles. The molecule has 0 saturated carbocycles. The van der Waals surface area contributed by atoms with Gasteiger partial charge in [0, 0.05) is 33.6 Å². The minimum Gasteiger partial charge on any atom is -0.438 e. The summed E-state index contributed by atoms with van der Waals surface area (Å²) in [6.07, 6.45) is 0. The van der Waals surface area contributed by atoms with E-state index in [9.17, 15) is 0 Å². The van der Waals surface area contributed by atoms with Crippen molar-refractivity contribution in [2.24, 2.45) is 0 Å². The number of fused-ring (bicyclic) bond motifs is 8. The van der Waals surface area contributed by atoms with Gasteiger partial charge in [-0.1, -0.05) is 140 Å². The topological polar surface area (TPSA) is 58.5 Å². The van der Waals surface area contributed by atoms with Crippen LogP contribution in [0.5, 0.6) is 0 Å². The lowest BCUT2D eigenvalue weighted by molar-refractivity contribution is 0.411. The summed E-state index contributed by atoms with van der Waals surface area (Å²) in [5, 5.41) is 0. The highest BCUT2D eigenvalue weighted by molar-refractivity contribution is 7.00. The molecular formula is C52H59BN4O2. The zero-order valence-corrected chi connectivity index (χ0v) is 37.8. The fourth-order valence-corrected chi connectivity index (χ4v) is 8.75. The molecule has 0 amide bonds. The zero-order valence-electron chi connectivity index (χ0n) is 37.8. The largest absolute Gasteiger partial charge is 0.438 e. The van der Waals surface area contributed by atoms with E-state index in [1.807, 2.05) is 0 Å². The van der Waals surface area contributed by atoms with Crippen LogP contribution in [0.2, 0.25) is 0 Å². The Morgan fingerprint density at radius 2 is 0.780 bits per heavy atom. The van der Waals surface area contributed by atoms with Crippen LogP contribution in [0.25, 0.3) is 22.2 Å². The molecule has 6 nitrogen and oxygen atoms in total. The first-order valence-corrected chi connectivity index (χ1v) is 21.3. The summed E-state index contributed by atoms with van der Waals surface area (Å²) in [7, 11) is 0. The maximum Gasteiger partial charge on any atom is 0.252 e. The molecule has 0 bridgehead atoms. The van der Waals surface area contributed by atoms with Crippen molar-refractivity contribution in [2.45, 2.75) is 131 Å². The van der Waals surface area contributed by atoms with Gasteiger partial charge in [-0.2, -0.15) is 0 Å². The molecule has 0 fully saturated rings. The molecule has 0 spiro atoms. The van der Waals surface area contributed by atoms with Gasteiger partial charge in [-0.3, -0.25) is 0 Å². The Labute approximate surface area is 351 Å². The van der Waals surface area contributed by atoms with Gasteiger partial charge in [0.05, 0.1) is 11.4 Å². The van der Waals surface area contributed by atoms with Gasteiger partial charge in [0.1, 0.15) is 11.0 Å². The first-order valence-electron chi connectivity index (χ1n) is 21.3. The van der Waals surface area contributed by atoms with E-state index in [0.717, 1.165) is 68.1 Å². The summed E-state index contributed by atoms with van der Waals surface area (Å²) in [6, 6.07) is 32.0. The molecule has 0 radical (unpaired) electrons. The van der Waals surface area contributed by atoms with Crippen molar-refractivity contribution in [3.05, 3.63) is 113 Å². The SMILES string of the molecule is CC(C)(C)c1ccc(N2c3cc(C(C)(C)C)cc4c3B(c3ccc5nc(C(C)(C)C)oc5c32)c2ccc3nc(C(C)(C)C)oc3c2N4c2ccc(C(C)(C)C)cc2)cc1. The number of aromatic nitrogens is 2. The third-order valence-corrected chi connectivity index (χ3v) is 12.2. The summed E-state index contributed by atoms with van der Waals surface area (Å²) >= 11 is 0. The summed E-state index contributed by atoms with van der Waals surface area (Å²) in [5.41, 5.74) is 16.6. The molecule has 2 aliphatic heterocycles. The summed E-state index contributed by atoms with van der Waals surface area (Å²) < 4.78 is 13.9. The molecule has 2 aromatic heterocycles. The van der Waals surface area contributed by atoms with Gasteiger partial charge in [-0.15, -0.1) is 0 Å². The molecule has 0 atom stereocenters. The van der Waals surface area contributed by atoms with Crippen LogP contribution in [-0.2, 0) is 27.1 Å². The molecular weight excluding hydrogens is 723 g/mol. The minimum atomic E-state index is -0.270. The molecule has 7 aromatic rings. The molecule has 59 heavy (non-hydrogen) atoms. The summed E-state index contributed by atoms with van der Waals surface area (Å²) in [5.74, 6) is 1.46. The molecule has 9 rings (SSSR count). The van der Waals surface area contributed by atoms with Crippen molar-refractivity contribution in [1.82, 2.24) is 9.97 Å². The van der Waals surface area contributed by atoms with E-state index in [0.29, 0.717) is 0 Å². The lowest BCUT2D eigenvalue weighted by atomic mass is 9.33. The Kier molecular flexibility index (Phi) is 8.37. The van der Waals surface area contributed by atoms with Crippen LogP contribution in [0.4, 0.5) is 34.1 Å². The van der Waals surface area contributed by atoms with E-state index >= 15 is 0 Å². The van der Waals surface area contributed by atoms with Crippen molar-refractivity contribution in [3.63, 3.8) is 0 Å². The second-order valence-electron chi connectivity index (χ2n) is 22.1. The second-order valence-corrected chi connectivity index (χ2v) is 22.1. The number of benzene rings is 5. The molecule has 0 aliphatic carbocycles. The van der Waals surface area contributed by atoms with Crippen LogP contribution in [0.1, 0.15) is 132 Å². The quantitative estimate of drug-likeness (QED) is 0.163. The highest BCUT2D eigenvalue weighted by atomic mass is 16.4. The molecule has 5 aromatic carbocycles. The van der Waals surface area contributed by atoms with E-state index in [-0.39, 0.29) is 33.8 Å². The molecule has 7 heteroatoms. The predicted octanol–water partition coefficient (Wildman–Crippen LogP) is 12.5. The van der Waals surface area contributed by atoms with Gasteiger partial charge in [-0.05, 0) is 97.9 Å². The van der Waals surface area contributed by atoms with Crippen LogP contribution in [0.3, 0.4) is 0 Å². The van der Waals surface area contributed by atoms with Crippen LogP contribution >= 0.6 is 0 Å². The van der Waals surface area contributed by atoms with E-state index in [2.05, 4.69) is 199 Å².